The number of urea groups is 1. The van der Waals surface area contributed by atoms with Gasteiger partial charge in [0, 0.05) is 29.3 Å². The van der Waals surface area contributed by atoms with E-state index < -0.39 is 5.60 Å². The minimum Gasteiger partial charge on any atom is -0.387 e. The Hall–Kier alpha value is -0.910. The lowest BCUT2D eigenvalue weighted by molar-refractivity contribution is 0.0700. The Bertz CT molecular complexity index is 534. The molecule has 3 atom stereocenters. The summed E-state index contributed by atoms with van der Waals surface area (Å²) in [6.45, 7) is 0.320. The molecular weight excluding hydrogens is 308 g/mol. The van der Waals surface area contributed by atoms with Crippen molar-refractivity contribution in [3.8, 4) is 0 Å². The largest absolute Gasteiger partial charge is 0.387 e. The van der Waals surface area contributed by atoms with E-state index in [1.54, 1.807) is 11.8 Å². The zero-order valence-electron chi connectivity index (χ0n) is 11.6. The highest BCUT2D eigenvalue weighted by atomic mass is 35.5. The molecule has 3 N–H and O–H groups in total. The average Bonchev–Trinajstić information content (AvgIpc) is 3.08. The second kappa shape index (κ2) is 6.07. The molecule has 3 rings (SSSR count). The van der Waals surface area contributed by atoms with E-state index in [1.165, 1.54) is 5.56 Å². The van der Waals surface area contributed by atoms with Gasteiger partial charge in [-0.2, -0.15) is 11.8 Å². The Balaban J connectivity index is 1.44. The summed E-state index contributed by atoms with van der Waals surface area (Å²) >= 11 is 7.70. The van der Waals surface area contributed by atoms with E-state index in [-0.39, 0.29) is 12.1 Å². The van der Waals surface area contributed by atoms with E-state index in [9.17, 15) is 9.90 Å². The Morgan fingerprint density at radius 3 is 3.10 bits per heavy atom. The van der Waals surface area contributed by atoms with Crippen LogP contribution in [0.4, 0.5) is 4.79 Å². The normalized spacial score (nSPS) is 31.0. The first-order valence-electron chi connectivity index (χ1n) is 7.16. The third-order valence-electron chi connectivity index (χ3n) is 4.04. The number of amides is 2. The van der Waals surface area contributed by atoms with Gasteiger partial charge in [-0.1, -0.05) is 23.7 Å². The van der Waals surface area contributed by atoms with Gasteiger partial charge in [-0.05, 0) is 36.3 Å². The maximum atomic E-state index is 11.9. The molecular formula is C15H19ClN2O2S. The molecule has 1 heterocycles. The minimum atomic E-state index is -0.738. The van der Waals surface area contributed by atoms with Crippen LogP contribution in [0.3, 0.4) is 0 Å². The molecule has 1 saturated carbocycles. The molecule has 21 heavy (non-hydrogen) atoms. The number of hydrogen-bond donors (Lipinski definition) is 3. The molecule has 2 fully saturated rings. The number of benzene rings is 1. The maximum Gasteiger partial charge on any atom is 0.315 e. The fourth-order valence-corrected chi connectivity index (χ4v) is 4.15. The quantitative estimate of drug-likeness (QED) is 0.796. The minimum absolute atomic E-state index is 0.163. The van der Waals surface area contributed by atoms with Crippen LogP contribution in [0.15, 0.2) is 24.3 Å². The van der Waals surface area contributed by atoms with Crippen LogP contribution < -0.4 is 10.6 Å². The number of rotatable bonds is 4. The summed E-state index contributed by atoms with van der Waals surface area (Å²) in [7, 11) is 0. The molecule has 1 aromatic carbocycles. The highest BCUT2D eigenvalue weighted by molar-refractivity contribution is 7.99. The van der Waals surface area contributed by atoms with Crippen LogP contribution in [0.25, 0.3) is 0 Å². The smallest absolute Gasteiger partial charge is 0.315 e. The molecule has 4 nitrogen and oxygen atoms in total. The first-order chi connectivity index (χ1) is 10.1. The summed E-state index contributed by atoms with van der Waals surface area (Å²) in [5.41, 5.74) is 0.427. The Labute approximate surface area is 133 Å². The number of halogens is 1. The Kier molecular flexibility index (Phi) is 4.33. The summed E-state index contributed by atoms with van der Waals surface area (Å²) in [6, 6.07) is 7.73. The van der Waals surface area contributed by atoms with Crippen molar-refractivity contribution in [3.63, 3.8) is 0 Å². The van der Waals surface area contributed by atoms with Crippen LogP contribution in [0.5, 0.6) is 0 Å². The van der Waals surface area contributed by atoms with Crippen molar-refractivity contribution < 1.29 is 9.90 Å². The first-order valence-corrected chi connectivity index (χ1v) is 8.69. The molecule has 114 valence electrons. The monoisotopic (exact) mass is 326 g/mol. The van der Waals surface area contributed by atoms with Gasteiger partial charge in [-0.3, -0.25) is 0 Å². The second-order valence-corrected chi connectivity index (χ2v) is 7.40. The number of nitrogens with one attached hydrogen (secondary N) is 2. The lowest BCUT2D eigenvalue weighted by Crippen LogP contribution is -2.47. The van der Waals surface area contributed by atoms with Crippen LogP contribution in [0.2, 0.25) is 5.02 Å². The number of thioether (sulfide) groups is 1. The highest BCUT2D eigenvalue weighted by Crippen LogP contribution is 2.41. The van der Waals surface area contributed by atoms with Crippen molar-refractivity contribution in [2.75, 3.05) is 18.1 Å². The van der Waals surface area contributed by atoms with E-state index in [0.29, 0.717) is 18.2 Å². The van der Waals surface area contributed by atoms with Crippen LogP contribution in [0, 0.1) is 0 Å². The molecule has 1 saturated heterocycles. The topological polar surface area (TPSA) is 61.4 Å². The lowest BCUT2D eigenvalue weighted by Gasteiger charge is -2.21. The van der Waals surface area contributed by atoms with Gasteiger partial charge in [0.2, 0.25) is 0 Å². The summed E-state index contributed by atoms with van der Waals surface area (Å²) in [6.07, 6.45) is 1.68. The maximum absolute atomic E-state index is 11.9. The first kappa shape index (κ1) is 15.0. The Morgan fingerprint density at radius 2 is 2.38 bits per heavy atom. The molecule has 0 aromatic heterocycles. The summed E-state index contributed by atoms with van der Waals surface area (Å²) in [5, 5.41) is 16.6. The highest BCUT2D eigenvalue weighted by Gasteiger charge is 2.40. The zero-order valence-corrected chi connectivity index (χ0v) is 13.2. The van der Waals surface area contributed by atoms with Gasteiger partial charge in [-0.15, -0.1) is 0 Å². The van der Waals surface area contributed by atoms with Crippen LogP contribution in [-0.2, 0) is 0 Å². The van der Waals surface area contributed by atoms with Crippen molar-refractivity contribution >= 4 is 29.4 Å². The van der Waals surface area contributed by atoms with Crippen molar-refractivity contribution in [1.29, 1.82) is 0 Å². The van der Waals surface area contributed by atoms with E-state index in [0.717, 1.165) is 23.6 Å². The Morgan fingerprint density at radius 1 is 1.52 bits per heavy atom. The zero-order chi connectivity index (χ0) is 14.9. The van der Waals surface area contributed by atoms with E-state index in [4.69, 9.17) is 11.6 Å². The van der Waals surface area contributed by atoms with Crippen molar-refractivity contribution in [2.24, 2.45) is 0 Å². The van der Waals surface area contributed by atoms with Gasteiger partial charge in [0.05, 0.1) is 5.60 Å². The molecule has 6 heteroatoms. The second-order valence-electron chi connectivity index (χ2n) is 5.86. The van der Waals surface area contributed by atoms with Crippen molar-refractivity contribution in [1.82, 2.24) is 10.6 Å². The number of carbonyl (C=O) groups excluding carboxylic acids is 1. The van der Waals surface area contributed by atoms with Crippen LogP contribution >= 0.6 is 23.4 Å². The van der Waals surface area contributed by atoms with Crippen LogP contribution in [0.1, 0.15) is 24.3 Å². The van der Waals surface area contributed by atoms with E-state index >= 15 is 0 Å². The van der Waals surface area contributed by atoms with Gasteiger partial charge in [0.15, 0.2) is 0 Å². The third kappa shape index (κ3) is 3.84. The summed E-state index contributed by atoms with van der Waals surface area (Å²) in [4.78, 5) is 11.9. The summed E-state index contributed by atoms with van der Waals surface area (Å²) < 4.78 is 0. The molecule has 0 bridgehead atoms. The third-order valence-corrected chi connectivity index (χ3v) is 5.51. The standard InChI is InChI=1S/C15H19ClN2O2S/c16-11-3-1-2-10(6-11)12-7-13(12)18-14(19)17-8-15(20)4-5-21-9-15/h1-3,6,12-13,20H,4-5,7-9H2,(H2,17,18,19)/t12-,13+,15-/m1/s1. The van der Waals surface area contributed by atoms with Gasteiger partial charge in [0.1, 0.15) is 0 Å². The van der Waals surface area contributed by atoms with Crippen LogP contribution in [-0.4, -0.2) is 40.8 Å². The SMILES string of the molecule is O=C(NC[C@]1(O)CCSC1)N[C@H]1C[C@@H]1c1cccc(Cl)c1. The van der Waals surface area contributed by atoms with E-state index in [2.05, 4.69) is 10.6 Å². The van der Waals surface area contributed by atoms with Crippen molar-refractivity contribution in [3.05, 3.63) is 34.9 Å². The molecule has 0 spiro atoms. The number of hydrogen-bond acceptors (Lipinski definition) is 3. The van der Waals surface area contributed by atoms with E-state index in [1.807, 2.05) is 24.3 Å². The van der Waals surface area contributed by atoms with Gasteiger partial charge < -0.3 is 15.7 Å². The lowest BCUT2D eigenvalue weighted by atomic mass is 10.0. The van der Waals surface area contributed by atoms with Crippen molar-refractivity contribution in [2.45, 2.75) is 30.4 Å². The molecule has 0 unspecified atom stereocenters. The van der Waals surface area contributed by atoms with Gasteiger partial charge >= 0.3 is 6.03 Å². The molecule has 2 amide bonds. The average molecular weight is 327 g/mol. The molecule has 1 aromatic rings. The van der Waals surface area contributed by atoms with Gasteiger partial charge in [-0.25, -0.2) is 4.79 Å². The number of carbonyl (C=O) groups is 1. The predicted octanol–water partition coefficient (Wildman–Crippen LogP) is 2.36. The molecule has 0 radical (unpaired) electrons. The molecule has 1 aliphatic heterocycles. The fraction of sp³-hybridized carbons (Fsp3) is 0.533. The molecule has 2 aliphatic rings. The molecule has 1 aliphatic carbocycles. The summed E-state index contributed by atoms with van der Waals surface area (Å²) in [5.74, 6) is 2.00. The number of aliphatic hydroxyl groups is 1. The fourth-order valence-electron chi connectivity index (χ4n) is 2.66. The van der Waals surface area contributed by atoms with Gasteiger partial charge in [0.25, 0.3) is 0 Å². The predicted molar refractivity (Wildman–Crippen MR) is 86.0 cm³/mol.